The molecule has 2 aromatic rings. The van der Waals surface area contributed by atoms with Crippen LogP contribution >= 0.6 is 0 Å². The van der Waals surface area contributed by atoms with E-state index in [1.54, 1.807) is 18.2 Å². The predicted molar refractivity (Wildman–Crippen MR) is 97.3 cm³/mol. The molecule has 1 aromatic carbocycles. The first-order chi connectivity index (χ1) is 13.5. The molecule has 9 nitrogen and oxygen atoms in total. The van der Waals surface area contributed by atoms with E-state index in [1.165, 1.54) is 0 Å². The summed E-state index contributed by atoms with van der Waals surface area (Å²) in [5, 5.41) is 5.35. The van der Waals surface area contributed by atoms with Gasteiger partial charge in [-0.25, -0.2) is 4.79 Å². The van der Waals surface area contributed by atoms with E-state index in [4.69, 9.17) is 9.47 Å². The van der Waals surface area contributed by atoms with Crippen molar-refractivity contribution >= 4 is 17.8 Å². The second-order valence-electron chi connectivity index (χ2n) is 6.71. The van der Waals surface area contributed by atoms with Crippen LogP contribution in [0.15, 0.2) is 36.5 Å². The van der Waals surface area contributed by atoms with Gasteiger partial charge < -0.3 is 24.7 Å². The highest BCUT2D eigenvalue weighted by atomic mass is 16.7. The van der Waals surface area contributed by atoms with Gasteiger partial charge in [0, 0.05) is 18.9 Å². The van der Waals surface area contributed by atoms with Gasteiger partial charge in [-0.1, -0.05) is 6.07 Å². The largest absolute Gasteiger partial charge is 0.454 e. The first kappa shape index (κ1) is 17.9. The number of rotatable bonds is 6. The second-order valence-corrected chi connectivity index (χ2v) is 6.71. The fourth-order valence-electron chi connectivity index (χ4n) is 3.21. The van der Waals surface area contributed by atoms with Gasteiger partial charge in [0.1, 0.15) is 6.04 Å². The van der Waals surface area contributed by atoms with E-state index < -0.39 is 18.0 Å². The Hall–Kier alpha value is -3.49. The zero-order chi connectivity index (χ0) is 19.7. The number of aryl methyl sites for hydroxylation is 1. The quantitative estimate of drug-likeness (QED) is 0.720. The van der Waals surface area contributed by atoms with Gasteiger partial charge in [0.15, 0.2) is 11.5 Å². The Bertz CT molecular complexity index is 938. The van der Waals surface area contributed by atoms with E-state index >= 15 is 0 Å². The minimum atomic E-state index is -0.866. The summed E-state index contributed by atoms with van der Waals surface area (Å²) in [6.07, 6.45) is 1.78. The number of nitrogens with one attached hydrogen (secondary N) is 2. The topological polar surface area (TPSA) is 102 Å². The van der Waals surface area contributed by atoms with E-state index in [2.05, 4.69) is 10.6 Å². The molecule has 2 aliphatic rings. The molecule has 3 heterocycles. The Balaban J connectivity index is 1.34. The van der Waals surface area contributed by atoms with Crippen molar-refractivity contribution in [1.82, 2.24) is 20.1 Å². The number of imide groups is 1. The predicted octanol–water partition coefficient (Wildman–Crippen LogP) is 0.881. The van der Waals surface area contributed by atoms with Crippen molar-refractivity contribution in [1.29, 1.82) is 0 Å². The number of carbonyl (C=O) groups is 3. The fourth-order valence-corrected chi connectivity index (χ4v) is 3.21. The van der Waals surface area contributed by atoms with Crippen LogP contribution in [0.25, 0.3) is 0 Å². The number of hydrogen-bond acceptors (Lipinski definition) is 5. The molecule has 2 N–H and O–H groups in total. The molecule has 4 rings (SSSR count). The maximum Gasteiger partial charge on any atom is 0.325 e. The third kappa shape index (κ3) is 3.51. The second kappa shape index (κ2) is 7.26. The SMILES string of the molecule is Cn1cccc1CNC(=O)C[C@@H]1NC(=O)N(Cc2ccc3c(c2)OCO3)C1=O. The highest BCUT2D eigenvalue weighted by Crippen LogP contribution is 2.33. The zero-order valence-corrected chi connectivity index (χ0v) is 15.3. The van der Waals surface area contributed by atoms with Gasteiger partial charge in [-0.2, -0.15) is 0 Å². The van der Waals surface area contributed by atoms with Crippen LogP contribution in [0.4, 0.5) is 4.79 Å². The van der Waals surface area contributed by atoms with Crippen molar-refractivity contribution in [3.8, 4) is 11.5 Å². The molecule has 0 aliphatic carbocycles. The van der Waals surface area contributed by atoms with Crippen molar-refractivity contribution in [2.24, 2.45) is 7.05 Å². The van der Waals surface area contributed by atoms with Crippen molar-refractivity contribution in [2.75, 3.05) is 6.79 Å². The van der Waals surface area contributed by atoms with E-state index in [9.17, 15) is 14.4 Å². The number of amides is 4. The van der Waals surface area contributed by atoms with E-state index in [0.717, 1.165) is 16.2 Å². The van der Waals surface area contributed by atoms with Crippen molar-refractivity contribution in [2.45, 2.75) is 25.6 Å². The lowest BCUT2D eigenvalue weighted by atomic mass is 10.1. The average molecular weight is 384 g/mol. The summed E-state index contributed by atoms with van der Waals surface area (Å²) in [5.74, 6) is 0.497. The zero-order valence-electron chi connectivity index (χ0n) is 15.3. The van der Waals surface area contributed by atoms with Gasteiger partial charge in [-0.15, -0.1) is 0 Å². The molecule has 9 heteroatoms. The Morgan fingerprint density at radius 2 is 2.07 bits per heavy atom. The minimum absolute atomic E-state index is 0.1000. The molecule has 0 saturated carbocycles. The molecule has 2 aliphatic heterocycles. The molecule has 1 aromatic heterocycles. The Labute approximate surface area is 161 Å². The third-order valence-electron chi connectivity index (χ3n) is 4.79. The van der Waals surface area contributed by atoms with Crippen LogP contribution in [0.2, 0.25) is 0 Å². The Kier molecular flexibility index (Phi) is 4.64. The summed E-state index contributed by atoms with van der Waals surface area (Å²) in [6.45, 7) is 0.614. The molecule has 0 unspecified atom stereocenters. The number of carbonyl (C=O) groups excluding carboxylic acids is 3. The lowest BCUT2D eigenvalue weighted by Gasteiger charge is -2.13. The third-order valence-corrected chi connectivity index (χ3v) is 4.79. The molecule has 1 atom stereocenters. The fraction of sp³-hybridized carbons (Fsp3) is 0.316. The van der Waals surface area contributed by atoms with E-state index in [0.29, 0.717) is 18.0 Å². The van der Waals surface area contributed by atoms with Gasteiger partial charge in [-0.3, -0.25) is 14.5 Å². The van der Waals surface area contributed by atoms with Crippen LogP contribution in [0, 0.1) is 0 Å². The first-order valence-electron chi connectivity index (χ1n) is 8.88. The van der Waals surface area contributed by atoms with Crippen molar-refractivity contribution in [3.05, 3.63) is 47.8 Å². The summed E-state index contributed by atoms with van der Waals surface area (Å²) in [5.41, 5.74) is 1.68. The number of hydrogen-bond donors (Lipinski definition) is 2. The number of urea groups is 1. The number of nitrogens with zero attached hydrogens (tertiary/aromatic N) is 2. The smallest absolute Gasteiger partial charge is 0.325 e. The van der Waals surface area contributed by atoms with Crippen LogP contribution in [0.1, 0.15) is 17.7 Å². The highest BCUT2D eigenvalue weighted by Gasteiger charge is 2.39. The maximum absolute atomic E-state index is 12.6. The molecular weight excluding hydrogens is 364 g/mol. The van der Waals surface area contributed by atoms with Crippen molar-refractivity contribution < 1.29 is 23.9 Å². The number of ether oxygens (including phenoxy) is 2. The molecule has 0 spiro atoms. The van der Waals surface area contributed by atoms with Gasteiger partial charge in [0.2, 0.25) is 12.7 Å². The van der Waals surface area contributed by atoms with Gasteiger partial charge >= 0.3 is 6.03 Å². The molecule has 1 saturated heterocycles. The lowest BCUT2D eigenvalue weighted by molar-refractivity contribution is -0.131. The van der Waals surface area contributed by atoms with Crippen LogP contribution in [0.5, 0.6) is 11.5 Å². The molecule has 1 fully saturated rings. The molecular formula is C19H20N4O5. The number of fused-ring (bicyclic) bond motifs is 1. The molecule has 146 valence electrons. The van der Waals surface area contributed by atoms with E-state index in [1.807, 2.05) is 29.9 Å². The summed E-state index contributed by atoms with van der Waals surface area (Å²) in [7, 11) is 1.89. The Morgan fingerprint density at radius 3 is 2.86 bits per heavy atom. The molecule has 4 amide bonds. The molecule has 28 heavy (non-hydrogen) atoms. The molecule has 0 radical (unpaired) electrons. The summed E-state index contributed by atoms with van der Waals surface area (Å²) in [6, 6.07) is 7.66. The lowest BCUT2D eigenvalue weighted by Crippen LogP contribution is -2.36. The maximum atomic E-state index is 12.6. The summed E-state index contributed by atoms with van der Waals surface area (Å²) < 4.78 is 12.5. The van der Waals surface area contributed by atoms with Crippen LogP contribution < -0.4 is 20.1 Å². The number of aromatic nitrogens is 1. The van der Waals surface area contributed by atoms with E-state index in [-0.39, 0.29) is 25.7 Å². The summed E-state index contributed by atoms with van der Waals surface area (Å²) >= 11 is 0. The first-order valence-corrected chi connectivity index (χ1v) is 8.88. The normalized spacial score (nSPS) is 17.8. The van der Waals surface area contributed by atoms with Gasteiger partial charge in [0.25, 0.3) is 5.91 Å². The highest BCUT2D eigenvalue weighted by molar-refractivity contribution is 6.05. The van der Waals surface area contributed by atoms with Crippen molar-refractivity contribution in [3.63, 3.8) is 0 Å². The standard InChI is InChI=1S/C19H20N4O5/c1-22-6-2-3-13(22)9-20-17(24)8-14-18(25)23(19(26)21-14)10-12-4-5-15-16(7-12)28-11-27-15/h2-7,14H,8-11H2,1H3,(H,20,24)(H,21,26)/t14-/m0/s1. The molecule has 0 bridgehead atoms. The number of benzene rings is 1. The average Bonchev–Trinajstić information content (AvgIpc) is 3.36. The Morgan fingerprint density at radius 1 is 1.25 bits per heavy atom. The van der Waals surface area contributed by atoms with Crippen LogP contribution in [-0.4, -0.2) is 40.1 Å². The minimum Gasteiger partial charge on any atom is -0.454 e. The van der Waals surface area contributed by atoms with Gasteiger partial charge in [0.05, 0.1) is 19.5 Å². The summed E-state index contributed by atoms with van der Waals surface area (Å²) in [4.78, 5) is 38.1. The van der Waals surface area contributed by atoms with Gasteiger partial charge in [-0.05, 0) is 29.8 Å². The monoisotopic (exact) mass is 384 g/mol. The van der Waals surface area contributed by atoms with Crippen LogP contribution in [0.3, 0.4) is 0 Å². The van der Waals surface area contributed by atoms with Crippen LogP contribution in [-0.2, 0) is 29.7 Å².